The van der Waals surface area contributed by atoms with Gasteiger partial charge in [0.2, 0.25) is 5.91 Å². The highest BCUT2D eigenvalue weighted by molar-refractivity contribution is 8.15. The van der Waals surface area contributed by atoms with Gasteiger partial charge in [0.1, 0.15) is 0 Å². The summed E-state index contributed by atoms with van der Waals surface area (Å²) in [4.78, 5) is 22.6. The van der Waals surface area contributed by atoms with Crippen molar-refractivity contribution in [2.75, 3.05) is 6.61 Å². The lowest BCUT2D eigenvalue weighted by atomic mass is 10.1. The Labute approximate surface area is 116 Å². The van der Waals surface area contributed by atoms with Crippen LogP contribution in [0, 0.1) is 0 Å². The van der Waals surface area contributed by atoms with Crippen molar-refractivity contribution in [1.82, 2.24) is 5.32 Å². The van der Waals surface area contributed by atoms with Gasteiger partial charge in [0, 0.05) is 0 Å². The summed E-state index contributed by atoms with van der Waals surface area (Å²) in [6.45, 7) is 2.56. The molecule has 2 amide bonds. The summed E-state index contributed by atoms with van der Waals surface area (Å²) in [6, 6.07) is 7.84. The minimum absolute atomic E-state index is 0.203. The molecule has 4 nitrogen and oxygen atoms in total. The molecule has 5 heteroatoms. The average Bonchev–Trinajstić information content (AvgIpc) is 2.69. The van der Waals surface area contributed by atoms with Gasteiger partial charge in [-0.1, -0.05) is 36.0 Å². The summed E-state index contributed by atoms with van der Waals surface area (Å²) >= 11 is 1.05. The maximum Gasteiger partial charge on any atom is 0.286 e. The van der Waals surface area contributed by atoms with E-state index < -0.39 is 0 Å². The molecule has 0 aliphatic carbocycles. The Bertz CT molecular complexity index is 513. The highest BCUT2D eigenvalue weighted by atomic mass is 32.2. The fourth-order valence-electron chi connectivity index (χ4n) is 1.79. The van der Waals surface area contributed by atoms with Gasteiger partial charge in [-0.05, 0) is 30.5 Å². The van der Waals surface area contributed by atoms with E-state index in [1.54, 1.807) is 6.26 Å². The first-order valence-corrected chi connectivity index (χ1v) is 6.95. The lowest BCUT2D eigenvalue weighted by Crippen LogP contribution is -2.25. The smallest absolute Gasteiger partial charge is 0.286 e. The Balaban J connectivity index is 2.03. The van der Waals surface area contributed by atoms with Crippen LogP contribution in [0.25, 0.3) is 6.08 Å². The third-order valence-electron chi connectivity index (χ3n) is 2.66. The summed E-state index contributed by atoms with van der Waals surface area (Å²) in [5, 5.41) is 1.71. The summed E-state index contributed by atoms with van der Waals surface area (Å²) in [5.41, 5.74) is 2.04. The maximum atomic E-state index is 11.5. The van der Waals surface area contributed by atoms with Crippen molar-refractivity contribution in [2.45, 2.75) is 18.6 Å². The standard InChI is InChI=1S/C14H15NO3S/c1-2-18-7-6-10-4-3-5-11(8-10)9-12-13(16)15-14(17)19-12/h3-8,12H,2,9H2,1H3,(H,15,16,17)/b7-6+. The highest BCUT2D eigenvalue weighted by Crippen LogP contribution is 2.23. The van der Waals surface area contributed by atoms with Gasteiger partial charge in [0.25, 0.3) is 5.24 Å². The third kappa shape index (κ3) is 3.86. The molecule has 19 heavy (non-hydrogen) atoms. The molecular formula is C14H15NO3S. The van der Waals surface area contributed by atoms with Gasteiger partial charge in [-0.2, -0.15) is 0 Å². The minimum atomic E-state index is -0.321. The van der Waals surface area contributed by atoms with Gasteiger partial charge >= 0.3 is 0 Å². The van der Waals surface area contributed by atoms with Gasteiger partial charge in [-0.3, -0.25) is 14.9 Å². The normalized spacial score (nSPS) is 18.9. The lowest BCUT2D eigenvalue weighted by Gasteiger charge is -2.06. The second kappa shape index (κ2) is 6.43. The Morgan fingerprint density at radius 1 is 1.42 bits per heavy atom. The number of carbonyl (C=O) groups is 2. The summed E-state index contributed by atoms with van der Waals surface area (Å²) in [6.07, 6.45) is 4.08. The van der Waals surface area contributed by atoms with E-state index in [1.165, 1.54) is 0 Å². The Hall–Kier alpha value is -1.75. The van der Waals surface area contributed by atoms with Gasteiger partial charge in [-0.15, -0.1) is 0 Å². The molecule has 1 heterocycles. The Morgan fingerprint density at radius 2 is 2.26 bits per heavy atom. The Kier molecular flexibility index (Phi) is 4.63. The number of thioether (sulfide) groups is 1. The molecular weight excluding hydrogens is 262 g/mol. The van der Waals surface area contributed by atoms with Crippen LogP contribution < -0.4 is 5.32 Å². The molecule has 1 fully saturated rings. The van der Waals surface area contributed by atoms with E-state index >= 15 is 0 Å². The van der Waals surface area contributed by atoms with Crippen LogP contribution >= 0.6 is 11.8 Å². The zero-order valence-corrected chi connectivity index (χ0v) is 11.4. The number of nitrogens with one attached hydrogen (secondary N) is 1. The topological polar surface area (TPSA) is 55.4 Å². The zero-order valence-electron chi connectivity index (χ0n) is 10.6. The highest BCUT2D eigenvalue weighted by Gasteiger charge is 2.31. The third-order valence-corrected chi connectivity index (χ3v) is 3.64. The van der Waals surface area contributed by atoms with Crippen molar-refractivity contribution >= 4 is 29.0 Å². The van der Waals surface area contributed by atoms with Crippen molar-refractivity contribution in [3.63, 3.8) is 0 Å². The second-order valence-corrected chi connectivity index (χ2v) is 5.27. The summed E-state index contributed by atoms with van der Waals surface area (Å²) in [7, 11) is 0. The molecule has 100 valence electrons. The first-order valence-electron chi connectivity index (χ1n) is 6.07. The SMILES string of the molecule is CCO/C=C/c1cccc(CC2SC(=O)NC2=O)c1. The molecule has 1 atom stereocenters. The van der Waals surface area contributed by atoms with Crippen molar-refractivity contribution in [3.05, 3.63) is 41.7 Å². The van der Waals surface area contributed by atoms with Crippen molar-refractivity contribution < 1.29 is 14.3 Å². The molecule has 0 bridgehead atoms. The summed E-state index contributed by atoms with van der Waals surface area (Å²) < 4.78 is 5.15. The molecule has 0 spiro atoms. The van der Waals surface area contributed by atoms with E-state index in [0.717, 1.165) is 22.9 Å². The molecule has 1 N–H and O–H groups in total. The minimum Gasteiger partial charge on any atom is -0.501 e. The molecule has 2 rings (SSSR count). The predicted molar refractivity (Wildman–Crippen MR) is 75.7 cm³/mol. The van der Waals surface area contributed by atoms with Crippen LogP contribution in [0.2, 0.25) is 0 Å². The zero-order chi connectivity index (χ0) is 13.7. The van der Waals surface area contributed by atoms with Crippen LogP contribution in [0.15, 0.2) is 30.5 Å². The van der Waals surface area contributed by atoms with E-state index in [2.05, 4.69) is 5.32 Å². The number of hydrogen-bond donors (Lipinski definition) is 1. The molecule has 1 saturated heterocycles. The van der Waals surface area contributed by atoms with Gasteiger partial charge in [0.15, 0.2) is 0 Å². The average molecular weight is 277 g/mol. The van der Waals surface area contributed by atoms with Crippen molar-refractivity contribution in [3.8, 4) is 0 Å². The van der Waals surface area contributed by atoms with Crippen LogP contribution in [-0.2, 0) is 16.0 Å². The molecule has 0 saturated carbocycles. The number of ether oxygens (including phenoxy) is 1. The van der Waals surface area contributed by atoms with E-state index in [1.807, 2.05) is 37.3 Å². The number of imide groups is 1. The van der Waals surface area contributed by atoms with Crippen LogP contribution in [0.3, 0.4) is 0 Å². The molecule has 0 radical (unpaired) electrons. The number of carbonyl (C=O) groups excluding carboxylic acids is 2. The number of hydrogen-bond acceptors (Lipinski definition) is 4. The molecule has 0 aromatic heterocycles. The van der Waals surface area contributed by atoms with E-state index in [9.17, 15) is 9.59 Å². The number of benzene rings is 1. The van der Waals surface area contributed by atoms with Gasteiger partial charge < -0.3 is 4.74 Å². The van der Waals surface area contributed by atoms with Crippen LogP contribution in [-0.4, -0.2) is 23.0 Å². The van der Waals surface area contributed by atoms with Crippen molar-refractivity contribution in [2.24, 2.45) is 0 Å². The molecule has 1 unspecified atom stereocenters. The fourth-order valence-corrected chi connectivity index (χ4v) is 2.65. The lowest BCUT2D eigenvalue weighted by molar-refractivity contribution is -0.118. The maximum absolute atomic E-state index is 11.5. The second-order valence-electron chi connectivity index (χ2n) is 4.09. The quantitative estimate of drug-likeness (QED) is 0.840. The first kappa shape index (κ1) is 13.7. The number of rotatable bonds is 5. The van der Waals surface area contributed by atoms with Gasteiger partial charge in [0.05, 0.1) is 18.1 Å². The molecule has 1 aromatic rings. The predicted octanol–water partition coefficient (Wildman–Crippen LogP) is 2.59. The fraction of sp³-hybridized carbons (Fsp3) is 0.286. The largest absolute Gasteiger partial charge is 0.501 e. The number of amides is 2. The van der Waals surface area contributed by atoms with Crippen molar-refractivity contribution in [1.29, 1.82) is 0 Å². The van der Waals surface area contributed by atoms with E-state index in [0.29, 0.717) is 13.0 Å². The molecule has 1 aliphatic heterocycles. The monoisotopic (exact) mass is 277 g/mol. The van der Waals surface area contributed by atoms with E-state index in [4.69, 9.17) is 4.74 Å². The first-order chi connectivity index (χ1) is 9.19. The molecule has 1 aliphatic rings. The van der Waals surface area contributed by atoms with Crippen LogP contribution in [0.1, 0.15) is 18.1 Å². The van der Waals surface area contributed by atoms with Gasteiger partial charge in [-0.25, -0.2) is 0 Å². The van der Waals surface area contributed by atoms with E-state index in [-0.39, 0.29) is 16.4 Å². The Morgan fingerprint density at radius 3 is 2.95 bits per heavy atom. The molecule has 1 aromatic carbocycles. The van der Waals surface area contributed by atoms with Crippen LogP contribution in [0.5, 0.6) is 0 Å². The van der Waals surface area contributed by atoms with Crippen LogP contribution in [0.4, 0.5) is 4.79 Å². The summed E-state index contributed by atoms with van der Waals surface area (Å²) in [5.74, 6) is -0.203.